The second-order valence-electron chi connectivity index (χ2n) is 2.66. The summed E-state index contributed by atoms with van der Waals surface area (Å²) in [6.45, 7) is 11.8. The molecular weight excluding hydrogens is 213 g/mol. The molecule has 0 bridgehead atoms. The minimum Gasteiger partial charge on any atom is -0.438 e. The van der Waals surface area contributed by atoms with Crippen LogP contribution in [0.2, 0.25) is 0 Å². The van der Waals surface area contributed by atoms with Gasteiger partial charge in [0.2, 0.25) is 0 Å². The molecule has 1 aliphatic rings. The molecule has 0 aromatic rings. The average Bonchev–Trinajstić information content (AvgIpc) is 1.90. The SMILES string of the molecule is C[C-]1C(C)OC1C.[CH2-]CC.[Y+3]. The molecule has 2 heteroatoms. The van der Waals surface area contributed by atoms with E-state index in [0.29, 0.717) is 12.2 Å². The third kappa shape index (κ3) is 5.33. The molecule has 0 saturated carbocycles. The molecule has 11 heavy (non-hydrogen) atoms. The summed E-state index contributed by atoms with van der Waals surface area (Å²) in [6.07, 6.45) is 1.85. The van der Waals surface area contributed by atoms with E-state index < -0.39 is 0 Å². The maximum Gasteiger partial charge on any atom is 3.00 e. The molecule has 1 fully saturated rings. The van der Waals surface area contributed by atoms with Gasteiger partial charge >= 0.3 is 32.7 Å². The van der Waals surface area contributed by atoms with E-state index in [1.54, 1.807) is 0 Å². The smallest absolute Gasteiger partial charge is 0.438 e. The number of hydrogen-bond donors (Lipinski definition) is 0. The summed E-state index contributed by atoms with van der Waals surface area (Å²) in [4.78, 5) is 0. The first-order valence-electron chi connectivity index (χ1n) is 3.91. The standard InChI is InChI=1S/C6H11O.C3H7.Y/c1-4-5(2)7-6(4)3;1-3-2;/h5-6H,1-3H3;1,3H2,2H3;/q2*-1;+3. The summed E-state index contributed by atoms with van der Waals surface area (Å²) in [5.74, 6) is 1.47. The van der Waals surface area contributed by atoms with Gasteiger partial charge in [-0.1, -0.05) is 33.0 Å². The van der Waals surface area contributed by atoms with Gasteiger partial charge in [-0.25, -0.2) is 0 Å². The Hall–Kier alpha value is 1.06. The zero-order chi connectivity index (χ0) is 8.15. The summed E-state index contributed by atoms with van der Waals surface area (Å²) in [5, 5.41) is 0. The van der Waals surface area contributed by atoms with Crippen LogP contribution in [0, 0.1) is 12.8 Å². The van der Waals surface area contributed by atoms with Crippen molar-refractivity contribution in [2.75, 3.05) is 0 Å². The molecule has 0 N–H and O–H groups in total. The molecule has 1 aliphatic heterocycles. The summed E-state index contributed by atoms with van der Waals surface area (Å²) in [6, 6.07) is 0. The zero-order valence-electron chi connectivity index (χ0n) is 8.05. The van der Waals surface area contributed by atoms with Gasteiger partial charge in [-0.2, -0.15) is 13.3 Å². The Balaban J connectivity index is 0. The zero-order valence-corrected chi connectivity index (χ0v) is 10.9. The molecular formula is C9H18OY+. The summed E-state index contributed by atoms with van der Waals surface area (Å²) >= 11 is 0. The maximum atomic E-state index is 5.21. The molecule has 1 nitrogen and oxygen atoms in total. The van der Waals surface area contributed by atoms with Crippen molar-refractivity contribution in [2.45, 2.75) is 46.3 Å². The van der Waals surface area contributed by atoms with Gasteiger partial charge in [0, 0.05) is 0 Å². The minimum atomic E-state index is 0. The van der Waals surface area contributed by atoms with E-state index in [1.165, 1.54) is 5.92 Å². The summed E-state index contributed by atoms with van der Waals surface area (Å²) in [5.41, 5.74) is 0. The molecule has 62 valence electrons. The molecule has 0 aliphatic carbocycles. The second-order valence-corrected chi connectivity index (χ2v) is 2.66. The van der Waals surface area contributed by atoms with E-state index >= 15 is 0 Å². The van der Waals surface area contributed by atoms with E-state index in [4.69, 9.17) is 4.74 Å². The Labute approximate surface area is 96.2 Å². The molecule has 0 amide bonds. The predicted octanol–water partition coefficient (Wildman–Crippen LogP) is 2.62. The first kappa shape index (κ1) is 14.6. The second kappa shape index (κ2) is 7.70. The molecule has 0 radical (unpaired) electrons. The van der Waals surface area contributed by atoms with Gasteiger partial charge in [-0.15, -0.1) is 0 Å². The molecule has 1 rings (SSSR count). The Kier molecular flexibility index (Phi) is 10.2. The normalized spacial score (nSPS) is 29.2. The quantitative estimate of drug-likeness (QED) is 0.582. The number of ether oxygens (including phenoxy) is 1. The Morgan fingerprint density at radius 2 is 1.64 bits per heavy atom. The van der Waals surface area contributed by atoms with Gasteiger partial charge in [-0.3, -0.25) is 5.92 Å². The van der Waals surface area contributed by atoms with Crippen LogP contribution in [-0.2, 0) is 37.4 Å². The van der Waals surface area contributed by atoms with E-state index in [9.17, 15) is 0 Å². The van der Waals surface area contributed by atoms with Crippen LogP contribution >= 0.6 is 0 Å². The van der Waals surface area contributed by atoms with Crippen LogP contribution in [0.3, 0.4) is 0 Å². The fourth-order valence-electron chi connectivity index (χ4n) is 0.779. The van der Waals surface area contributed by atoms with Gasteiger partial charge < -0.3 is 11.7 Å². The molecule has 0 aromatic heterocycles. The minimum absolute atomic E-state index is 0. The Morgan fingerprint density at radius 1 is 1.36 bits per heavy atom. The summed E-state index contributed by atoms with van der Waals surface area (Å²) in [7, 11) is 0. The Morgan fingerprint density at radius 3 is 1.64 bits per heavy atom. The summed E-state index contributed by atoms with van der Waals surface area (Å²) < 4.78 is 5.21. The van der Waals surface area contributed by atoms with Gasteiger partial charge in [0.1, 0.15) is 0 Å². The fourth-order valence-corrected chi connectivity index (χ4v) is 0.779. The predicted molar refractivity (Wildman–Crippen MR) is 44.6 cm³/mol. The van der Waals surface area contributed by atoms with Crippen LogP contribution in [-0.4, -0.2) is 12.2 Å². The third-order valence-electron chi connectivity index (χ3n) is 1.69. The van der Waals surface area contributed by atoms with Crippen molar-refractivity contribution >= 4 is 0 Å². The molecule has 1 heterocycles. The molecule has 1 saturated heterocycles. The maximum absolute atomic E-state index is 5.21. The van der Waals surface area contributed by atoms with Crippen LogP contribution < -0.4 is 0 Å². The van der Waals surface area contributed by atoms with Crippen LogP contribution in [0.5, 0.6) is 0 Å². The first-order valence-corrected chi connectivity index (χ1v) is 3.91. The third-order valence-corrected chi connectivity index (χ3v) is 1.69. The van der Waals surface area contributed by atoms with Crippen LogP contribution in [0.25, 0.3) is 0 Å². The fraction of sp³-hybridized carbons (Fsp3) is 0.778. The van der Waals surface area contributed by atoms with Crippen molar-refractivity contribution in [3.8, 4) is 0 Å². The first-order chi connectivity index (χ1) is 4.63. The van der Waals surface area contributed by atoms with Crippen molar-refractivity contribution < 1.29 is 37.4 Å². The van der Waals surface area contributed by atoms with E-state index in [1.807, 2.05) is 6.92 Å². The monoisotopic (exact) mass is 231 g/mol. The Bertz CT molecular complexity index is 77.6. The van der Waals surface area contributed by atoms with Gasteiger partial charge in [0.05, 0.1) is 0 Å². The van der Waals surface area contributed by atoms with Crippen molar-refractivity contribution in [3.63, 3.8) is 0 Å². The topological polar surface area (TPSA) is 9.23 Å². The molecule has 2 atom stereocenters. The van der Waals surface area contributed by atoms with E-state index in [0.717, 1.165) is 6.42 Å². The largest absolute Gasteiger partial charge is 3.00 e. The van der Waals surface area contributed by atoms with Crippen molar-refractivity contribution in [1.82, 2.24) is 0 Å². The van der Waals surface area contributed by atoms with Crippen molar-refractivity contribution in [3.05, 3.63) is 12.8 Å². The van der Waals surface area contributed by atoms with E-state index in [-0.39, 0.29) is 32.7 Å². The number of hydrogen-bond acceptors (Lipinski definition) is 1. The van der Waals surface area contributed by atoms with Crippen LogP contribution in [0.15, 0.2) is 0 Å². The molecule has 0 spiro atoms. The van der Waals surface area contributed by atoms with Gasteiger partial charge in [0.25, 0.3) is 0 Å². The number of rotatable bonds is 0. The van der Waals surface area contributed by atoms with Crippen LogP contribution in [0.4, 0.5) is 0 Å². The molecule has 2 unspecified atom stereocenters. The van der Waals surface area contributed by atoms with Crippen LogP contribution in [0.1, 0.15) is 34.1 Å². The van der Waals surface area contributed by atoms with E-state index in [2.05, 4.69) is 27.7 Å². The van der Waals surface area contributed by atoms with Crippen molar-refractivity contribution in [2.24, 2.45) is 0 Å². The molecule has 0 aromatic carbocycles. The van der Waals surface area contributed by atoms with Gasteiger partial charge in [-0.05, 0) is 0 Å². The average molecular weight is 231 g/mol. The van der Waals surface area contributed by atoms with Crippen molar-refractivity contribution in [1.29, 1.82) is 0 Å². The van der Waals surface area contributed by atoms with Gasteiger partial charge in [0.15, 0.2) is 0 Å².